The molecule has 0 bridgehead atoms. The quantitative estimate of drug-likeness (QED) is 0.681. The zero-order valence-corrected chi connectivity index (χ0v) is 10.5. The Morgan fingerprint density at radius 3 is 2.44 bits per heavy atom. The van der Waals surface area contributed by atoms with Crippen LogP contribution in [0.3, 0.4) is 0 Å². The lowest BCUT2D eigenvalue weighted by molar-refractivity contribution is 0.165. The number of sulfone groups is 1. The predicted octanol–water partition coefficient (Wildman–Crippen LogP) is -0.0780. The average Bonchev–Trinajstić information content (AvgIpc) is 2.48. The second kappa shape index (κ2) is 4.27. The molecular formula is C10H17N3O2S. The van der Waals surface area contributed by atoms with Crippen molar-refractivity contribution in [2.24, 2.45) is 4.99 Å². The van der Waals surface area contributed by atoms with Crippen LogP contribution in [0.25, 0.3) is 0 Å². The van der Waals surface area contributed by atoms with Crippen molar-refractivity contribution in [3.8, 4) is 0 Å². The van der Waals surface area contributed by atoms with Gasteiger partial charge in [0.2, 0.25) is 9.84 Å². The highest BCUT2D eigenvalue weighted by molar-refractivity contribution is 8.09. The second-order valence-electron chi connectivity index (χ2n) is 4.33. The third kappa shape index (κ3) is 2.18. The first-order chi connectivity index (χ1) is 7.50. The van der Waals surface area contributed by atoms with Gasteiger partial charge in [0.25, 0.3) is 0 Å². The van der Waals surface area contributed by atoms with E-state index in [1.54, 1.807) is 6.92 Å². The normalized spacial score (nSPS) is 26.6. The van der Waals surface area contributed by atoms with Crippen LogP contribution < -0.4 is 0 Å². The van der Waals surface area contributed by atoms with Crippen molar-refractivity contribution in [2.75, 3.05) is 39.8 Å². The first-order valence-corrected chi connectivity index (χ1v) is 6.88. The van der Waals surface area contributed by atoms with E-state index >= 15 is 0 Å². The fourth-order valence-electron chi connectivity index (χ4n) is 1.84. The summed E-state index contributed by atoms with van der Waals surface area (Å²) in [5.74, 6) is 0. The lowest BCUT2D eigenvalue weighted by atomic mass is 10.3. The summed E-state index contributed by atoms with van der Waals surface area (Å²) in [5.41, 5.74) is 0. The largest absolute Gasteiger partial charge is 0.304 e. The van der Waals surface area contributed by atoms with Crippen molar-refractivity contribution < 1.29 is 8.42 Å². The van der Waals surface area contributed by atoms with E-state index in [9.17, 15) is 8.42 Å². The van der Waals surface area contributed by atoms with Crippen molar-refractivity contribution >= 4 is 14.9 Å². The molecule has 2 rings (SSSR count). The van der Waals surface area contributed by atoms with Gasteiger partial charge in [0.05, 0.1) is 4.91 Å². The Bertz CT molecular complexity index is 431. The highest BCUT2D eigenvalue weighted by atomic mass is 32.2. The van der Waals surface area contributed by atoms with Crippen molar-refractivity contribution in [2.45, 2.75) is 6.92 Å². The highest BCUT2D eigenvalue weighted by Crippen LogP contribution is 2.18. The van der Waals surface area contributed by atoms with E-state index < -0.39 is 9.84 Å². The number of rotatable bonds is 2. The lowest BCUT2D eigenvalue weighted by Gasteiger charge is -2.32. The minimum Gasteiger partial charge on any atom is -0.304 e. The SMILES string of the molecule is CC1=NC=C(CN2CCN(C)CC2)S1(=O)=O. The summed E-state index contributed by atoms with van der Waals surface area (Å²) in [7, 11) is -1.14. The summed E-state index contributed by atoms with van der Waals surface area (Å²) in [4.78, 5) is 8.73. The molecule has 2 aliphatic heterocycles. The Morgan fingerprint density at radius 1 is 1.31 bits per heavy atom. The summed E-state index contributed by atoms with van der Waals surface area (Å²) >= 11 is 0. The molecule has 0 spiro atoms. The molecule has 0 unspecified atom stereocenters. The van der Waals surface area contributed by atoms with Crippen LogP contribution in [0.5, 0.6) is 0 Å². The monoisotopic (exact) mass is 243 g/mol. The number of piperazine rings is 1. The number of aliphatic imine (C=N–C) groups is 1. The van der Waals surface area contributed by atoms with Gasteiger partial charge >= 0.3 is 0 Å². The van der Waals surface area contributed by atoms with Crippen LogP contribution in [0.2, 0.25) is 0 Å². The van der Waals surface area contributed by atoms with Crippen LogP contribution in [-0.4, -0.2) is 63.0 Å². The maximum absolute atomic E-state index is 11.8. The van der Waals surface area contributed by atoms with E-state index in [-0.39, 0.29) is 5.04 Å². The van der Waals surface area contributed by atoms with Crippen LogP contribution >= 0.6 is 0 Å². The van der Waals surface area contributed by atoms with Crippen LogP contribution in [-0.2, 0) is 9.84 Å². The van der Waals surface area contributed by atoms with Gasteiger partial charge in [-0.2, -0.15) is 0 Å². The van der Waals surface area contributed by atoms with Crippen LogP contribution in [0, 0.1) is 0 Å². The molecule has 0 N–H and O–H groups in total. The smallest absolute Gasteiger partial charge is 0.218 e. The zero-order chi connectivity index (χ0) is 11.8. The fourth-order valence-corrected chi connectivity index (χ4v) is 2.96. The fraction of sp³-hybridized carbons (Fsp3) is 0.700. The van der Waals surface area contributed by atoms with Crippen molar-refractivity contribution in [1.82, 2.24) is 9.80 Å². The van der Waals surface area contributed by atoms with E-state index in [2.05, 4.69) is 21.8 Å². The minimum absolute atomic E-state index is 0.219. The molecule has 0 radical (unpaired) electrons. The molecular weight excluding hydrogens is 226 g/mol. The molecule has 90 valence electrons. The molecule has 1 saturated heterocycles. The van der Waals surface area contributed by atoms with E-state index in [4.69, 9.17) is 0 Å². The molecule has 0 atom stereocenters. The first kappa shape index (κ1) is 11.8. The van der Waals surface area contributed by atoms with Gasteiger partial charge in [0.1, 0.15) is 5.04 Å². The molecule has 1 fully saturated rings. The molecule has 2 aliphatic rings. The molecule has 0 aliphatic carbocycles. The standard InChI is InChI=1S/C10H17N3O2S/c1-9-11-7-10(16(9,14)15)8-13-5-3-12(2)4-6-13/h7H,3-6,8H2,1-2H3. The highest BCUT2D eigenvalue weighted by Gasteiger charge is 2.28. The summed E-state index contributed by atoms with van der Waals surface area (Å²) in [6, 6.07) is 0. The summed E-state index contributed by atoms with van der Waals surface area (Å²) in [6.45, 7) is 5.87. The maximum Gasteiger partial charge on any atom is 0.218 e. The number of likely N-dealkylation sites (N-methyl/N-ethyl adjacent to an activating group) is 1. The van der Waals surface area contributed by atoms with Crippen molar-refractivity contribution in [3.63, 3.8) is 0 Å². The van der Waals surface area contributed by atoms with E-state index in [0.29, 0.717) is 11.4 Å². The van der Waals surface area contributed by atoms with Gasteiger partial charge in [0.15, 0.2) is 0 Å². The Morgan fingerprint density at radius 2 is 1.94 bits per heavy atom. The average molecular weight is 243 g/mol. The van der Waals surface area contributed by atoms with Gasteiger partial charge in [0, 0.05) is 38.9 Å². The van der Waals surface area contributed by atoms with Crippen LogP contribution in [0.15, 0.2) is 16.1 Å². The molecule has 5 nitrogen and oxygen atoms in total. The summed E-state index contributed by atoms with van der Waals surface area (Å²) < 4.78 is 23.6. The van der Waals surface area contributed by atoms with Gasteiger partial charge in [-0.1, -0.05) is 0 Å². The van der Waals surface area contributed by atoms with Gasteiger partial charge in [-0.25, -0.2) is 13.4 Å². The second-order valence-corrected chi connectivity index (χ2v) is 6.45. The third-order valence-electron chi connectivity index (χ3n) is 3.10. The number of hydrogen-bond donors (Lipinski definition) is 0. The number of nitrogens with zero attached hydrogens (tertiary/aromatic N) is 3. The Kier molecular flexibility index (Phi) is 3.14. The summed E-state index contributed by atoms with van der Waals surface area (Å²) in [6.07, 6.45) is 1.49. The van der Waals surface area contributed by atoms with Gasteiger partial charge in [-0.05, 0) is 14.0 Å². The number of hydrogen-bond acceptors (Lipinski definition) is 5. The molecule has 0 amide bonds. The molecule has 2 heterocycles. The van der Waals surface area contributed by atoms with E-state index in [0.717, 1.165) is 26.2 Å². The first-order valence-electron chi connectivity index (χ1n) is 5.39. The topological polar surface area (TPSA) is 53.0 Å². The molecule has 6 heteroatoms. The Balaban J connectivity index is 1.98. The zero-order valence-electron chi connectivity index (χ0n) is 9.68. The van der Waals surface area contributed by atoms with E-state index in [1.807, 2.05) is 0 Å². The molecule has 0 saturated carbocycles. The van der Waals surface area contributed by atoms with Crippen LogP contribution in [0.4, 0.5) is 0 Å². The van der Waals surface area contributed by atoms with Crippen molar-refractivity contribution in [1.29, 1.82) is 0 Å². The minimum atomic E-state index is -3.22. The maximum atomic E-state index is 11.8. The van der Waals surface area contributed by atoms with Gasteiger partial charge in [-0.15, -0.1) is 0 Å². The molecule has 16 heavy (non-hydrogen) atoms. The predicted molar refractivity (Wildman–Crippen MR) is 64.0 cm³/mol. The van der Waals surface area contributed by atoms with Gasteiger partial charge < -0.3 is 4.90 Å². The molecule has 0 aromatic heterocycles. The Labute approximate surface area is 96.4 Å². The third-order valence-corrected chi connectivity index (χ3v) is 4.91. The van der Waals surface area contributed by atoms with Gasteiger partial charge in [-0.3, -0.25) is 4.90 Å². The summed E-state index contributed by atoms with van der Waals surface area (Å²) in [5, 5.41) is 0.219. The molecule has 0 aromatic rings. The molecule has 0 aromatic carbocycles. The van der Waals surface area contributed by atoms with Crippen LogP contribution in [0.1, 0.15) is 6.92 Å². The Hall–Kier alpha value is -0.720. The van der Waals surface area contributed by atoms with Crippen molar-refractivity contribution in [3.05, 3.63) is 11.1 Å². The lowest BCUT2D eigenvalue weighted by Crippen LogP contribution is -2.45. The van der Waals surface area contributed by atoms with E-state index in [1.165, 1.54) is 6.20 Å².